The molecular weight excluding hydrogens is 375 g/mol. The van der Waals surface area contributed by atoms with Crippen LogP contribution in [0.15, 0.2) is 78.9 Å². The van der Waals surface area contributed by atoms with Gasteiger partial charge in [-0.2, -0.15) is 0 Å². The fourth-order valence-electron chi connectivity index (χ4n) is 2.90. The van der Waals surface area contributed by atoms with Gasteiger partial charge in [-0.3, -0.25) is 14.9 Å². The molecule has 3 aromatic rings. The van der Waals surface area contributed by atoms with Crippen LogP contribution in [0.1, 0.15) is 17.2 Å². The van der Waals surface area contributed by atoms with Gasteiger partial charge in [0.25, 0.3) is 5.69 Å². The third-order valence-corrected chi connectivity index (χ3v) is 4.32. The van der Waals surface area contributed by atoms with E-state index in [0.717, 1.165) is 5.56 Å². The minimum Gasteiger partial charge on any atom is -0.488 e. The zero-order valence-electron chi connectivity index (χ0n) is 15.5. The second kappa shape index (κ2) is 9.45. The fourth-order valence-corrected chi connectivity index (χ4v) is 2.90. The van der Waals surface area contributed by atoms with Crippen LogP contribution in [0.5, 0.6) is 5.75 Å². The predicted octanol–water partition coefficient (Wildman–Crippen LogP) is 4.21. The highest BCUT2D eigenvalue weighted by Gasteiger charge is 2.20. The molecule has 0 radical (unpaired) electrons. The van der Waals surface area contributed by atoms with Crippen molar-refractivity contribution < 1.29 is 18.8 Å². The van der Waals surface area contributed by atoms with Crippen LogP contribution in [-0.2, 0) is 11.2 Å². The number of rotatable bonds is 8. The highest BCUT2D eigenvalue weighted by Crippen LogP contribution is 2.21. The molecule has 0 bridgehead atoms. The average molecular weight is 394 g/mol. The largest absolute Gasteiger partial charge is 0.488 e. The molecule has 1 N–H and O–H groups in total. The molecule has 6 nitrogen and oxygen atoms in total. The highest BCUT2D eigenvalue weighted by molar-refractivity contribution is 5.80. The van der Waals surface area contributed by atoms with Crippen molar-refractivity contribution in [3.05, 3.63) is 106 Å². The average Bonchev–Trinajstić information content (AvgIpc) is 2.73. The van der Waals surface area contributed by atoms with Crippen LogP contribution in [0.3, 0.4) is 0 Å². The monoisotopic (exact) mass is 394 g/mol. The first kappa shape index (κ1) is 20.0. The lowest BCUT2D eigenvalue weighted by atomic mass is 10.1. The number of nitro groups is 1. The lowest BCUT2D eigenvalue weighted by molar-refractivity contribution is -0.385. The maximum atomic E-state index is 13.8. The summed E-state index contributed by atoms with van der Waals surface area (Å²) in [7, 11) is 0. The number of carbonyl (C=O) groups is 1. The molecule has 7 heteroatoms. The van der Waals surface area contributed by atoms with Crippen molar-refractivity contribution in [3.63, 3.8) is 0 Å². The summed E-state index contributed by atoms with van der Waals surface area (Å²) in [5, 5.41) is 14.0. The van der Waals surface area contributed by atoms with E-state index in [4.69, 9.17) is 4.74 Å². The van der Waals surface area contributed by atoms with E-state index in [2.05, 4.69) is 5.32 Å². The van der Waals surface area contributed by atoms with Crippen molar-refractivity contribution in [2.45, 2.75) is 12.5 Å². The molecule has 0 saturated heterocycles. The summed E-state index contributed by atoms with van der Waals surface area (Å²) in [6, 6.07) is 20.7. The third kappa shape index (κ3) is 5.38. The van der Waals surface area contributed by atoms with Crippen LogP contribution in [0.25, 0.3) is 0 Å². The first-order valence-electron chi connectivity index (χ1n) is 8.98. The molecule has 1 amide bonds. The number of hydrogen-bond donors (Lipinski definition) is 1. The van der Waals surface area contributed by atoms with Crippen molar-refractivity contribution in [2.24, 2.45) is 0 Å². The number of halogens is 1. The van der Waals surface area contributed by atoms with Gasteiger partial charge in [0.15, 0.2) is 11.6 Å². The van der Waals surface area contributed by atoms with E-state index < -0.39 is 22.7 Å². The Morgan fingerprint density at radius 2 is 1.66 bits per heavy atom. The van der Waals surface area contributed by atoms with Crippen molar-refractivity contribution in [2.75, 3.05) is 6.61 Å². The summed E-state index contributed by atoms with van der Waals surface area (Å²) in [6.45, 7) is 0.00751. The lowest BCUT2D eigenvalue weighted by Crippen LogP contribution is -2.33. The van der Waals surface area contributed by atoms with E-state index in [1.807, 2.05) is 30.3 Å². The van der Waals surface area contributed by atoms with Crippen LogP contribution in [0.4, 0.5) is 10.1 Å². The third-order valence-electron chi connectivity index (χ3n) is 4.32. The summed E-state index contributed by atoms with van der Waals surface area (Å²) in [5.74, 6) is -0.808. The Hall–Kier alpha value is -3.74. The number of hydrogen-bond acceptors (Lipinski definition) is 4. The molecule has 3 rings (SSSR count). The normalized spacial score (nSPS) is 11.5. The summed E-state index contributed by atoms with van der Waals surface area (Å²) in [4.78, 5) is 23.2. The van der Waals surface area contributed by atoms with Gasteiger partial charge < -0.3 is 10.1 Å². The first-order valence-corrected chi connectivity index (χ1v) is 8.98. The second-order valence-electron chi connectivity index (χ2n) is 6.33. The van der Waals surface area contributed by atoms with Gasteiger partial charge in [0.2, 0.25) is 5.91 Å². The second-order valence-corrected chi connectivity index (χ2v) is 6.33. The number of nitrogens with one attached hydrogen (secondary N) is 1. The zero-order valence-corrected chi connectivity index (χ0v) is 15.5. The molecule has 0 aliphatic rings. The first-order chi connectivity index (χ1) is 14.0. The molecule has 0 heterocycles. The standard InChI is InChI=1S/C22H19FN2O4/c23-18-11-5-7-13-21(18)29-15-19(16-8-2-1-3-9-16)24-22(26)14-17-10-4-6-12-20(17)25(27)28/h1-13,19H,14-15H2,(H,24,26)/t19-/m0/s1. The molecule has 148 valence electrons. The molecule has 0 aliphatic heterocycles. The van der Waals surface area contributed by atoms with E-state index in [-0.39, 0.29) is 24.5 Å². The maximum Gasteiger partial charge on any atom is 0.273 e. The Morgan fingerprint density at radius 1 is 1.00 bits per heavy atom. The van der Waals surface area contributed by atoms with Crippen LogP contribution in [0, 0.1) is 15.9 Å². The number of amides is 1. The SMILES string of the molecule is O=C(Cc1ccccc1[N+](=O)[O-])N[C@@H](COc1ccccc1F)c1ccccc1. The predicted molar refractivity (Wildman–Crippen MR) is 106 cm³/mol. The smallest absolute Gasteiger partial charge is 0.273 e. The molecular formula is C22H19FN2O4. The Balaban J connectivity index is 1.74. The minimum absolute atomic E-state index is 0.00751. The lowest BCUT2D eigenvalue weighted by Gasteiger charge is -2.20. The van der Waals surface area contributed by atoms with Gasteiger partial charge in [-0.05, 0) is 17.7 Å². The van der Waals surface area contributed by atoms with Crippen LogP contribution in [0.2, 0.25) is 0 Å². The van der Waals surface area contributed by atoms with Gasteiger partial charge in [-0.15, -0.1) is 0 Å². The van der Waals surface area contributed by atoms with Crippen LogP contribution in [-0.4, -0.2) is 17.4 Å². The number of para-hydroxylation sites is 2. The van der Waals surface area contributed by atoms with Crippen molar-refractivity contribution in [3.8, 4) is 5.75 Å². The zero-order chi connectivity index (χ0) is 20.6. The van der Waals surface area contributed by atoms with Gasteiger partial charge >= 0.3 is 0 Å². The Bertz CT molecular complexity index is 995. The Labute approximate surface area is 167 Å². The quantitative estimate of drug-likeness (QED) is 0.458. The summed E-state index contributed by atoms with van der Waals surface area (Å²) in [6.07, 6.45) is -0.153. The number of ether oxygens (including phenoxy) is 1. The van der Waals surface area contributed by atoms with Crippen molar-refractivity contribution >= 4 is 11.6 Å². The van der Waals surface area contributed by atoms with E-state index in [1.165, 1.54) is 18.2 Å². The number of carbonyl (C=O) groups excluding carboxylic acids is 1. The number of benzene rings is 3. The summed E-state index contributed by atoms with van der Waals surface area (Å²) < 4.78 is 19.4. The maximum absolute atomic E-state index is 13.8. The molecule has 0 aliphatic carbocycles. The summed E-state index contributed by atoms with van der Waals surface area (Å²) >= 11 is 0. The molecule has 0 spiro atoms. The minimum atomic E-state index is -0.550. The van der Waals surface area contributed by atoms with Crippen molar-refractivity contribution in [1.82, 2.24) is 5.32 Å². The number of nitro benzene ring substituents is 1. The van der Waals surface area contributed by atoms with Gasteiger partial charge in [-0.25, -0.2) is 4.39 Å². The molecule has 29 heavy (non-hydrogen) atoms. The van der Waals surface area contributed by atoms with Crippen molar-refractivity contribution in [1.29, 1.82) is 0 Å². The van der Waals surface area contributed by atoms with Gasteiger partial charge in [0.05, 0.1) is 17.4 Å². The highest BCUT2D eigenvalue weighted by atomic mass is 19.1. The van der Waals surface area contributed by atoms with Gasteiger partial charge in [0.1, 0.15) is 6.61 Å². The fraction of sp³-hybridized carbons (Fsp3) is 0.136. The van der Waals surface area contributed by atoms with Gasteiger partial charge in [0, 0.05) is 11.6 Å². The van der Waals surface area contributed by atoms with E-state index in [1.54, 1.807) is 30.3 Å². The molecule has 0 aromatic heterocycles. The van der Waals surface area contributed by atoms with E-state index in [0.29, 0.717) is 5.56 Å². The molecule has 1 atom stereocenters. The summed E-state index contributed by atoms with van der Waals surface area (Å²) in [5.41, 5.74) is 0.984. The molecule has 3 aromatic carbocycles. The van der Waals surface area contributed by atoms with E-state index >= 15 is 0 Å². The Kier molecular flexibility index (Phi) is 6.52. The number of nitrogens with zero attached hydrogens (tertiary/aromatic N) is 1. The van der Waals surface area contributed by atoms with Gasteiger partial charge in [-0.1, -0.05) is 60.7 Å². The Morgan fingerprint density at radius 3 is 2.38 bits per heavy atom. The topological polar surface area (TPSA) is 81.5 Å². The molecule has 0 unspecified atom stereocenters. The van der Waals surface area contributed by atoms with Crippen LogP contribution >= 0.6 is 0 Å². The molecule has 0 fully saturated rings. The van der Waals surface area contributed by atoms with Crippen LogP contribution < -0.4 is 10.1 Å². The van der Waals surface area contributed by atoms with E-state index in [9.17, 15) is 19.3 Å². The molecule has 0 saturated carbocycles.